The number of aryl methyl sites for hydroxylation is 2. The molecule has 0 saturated heterocycles. The number of amides is 1. The topological polar surface area (TPSA) is 82.7 Å². The largest absolute Gasteiger partial charge is 0.315 e. The second-order valence-electron chi connectivity index (χ2n) is 6.24. The summed E-state index contributed by atoms with van der Waals surface area (Å²) in [6.07, 6.45) is 6.87. The first-order valence-corrected chi connectivity index (χ1v) is 8.95. The van der Waals surface area contributed by atoms with Crippen molar-refractivity contribution in [1.82, 2.24) is 15.1 Å². The van der Waals surface area contributed by atoms with Gasteiger partial charge in [0.2, 0.25) is 5.91 Å². The lowest BCUT2D eigenvalue weighted by Gasteiger charge is -2.13. The summed E-state index contributed by atoms with van der Waals surface area (Å²) in [6.45, 7) is 4.94. The zero-order valence-corrected chi connectivity index (χ0v) is 14.7. The highest BCUT2D eigenvalue weighted by molar-refractivity contribution is 7.16. The number of hydrogen-bond acceptors (Lipinski definition) is 5. The van der Waals surface area contributed by atoms with E-state index in [-0.39, 0.29) is 18.5 Å². The molecule has 126 valence electrons. The van der Waals surface area contributed by atoms with Gasteiger partial charge in [0.15, 0.2) is 0 Å². The molecule has 1 atom stereocenters. The fourth-order valence-electron chi connectivity index (χ4n) is 2.96. The van der Waals surface area contributed by atoms with E-state index in [1.165, 1.54) is 4.88 Å². The Balaban J connectivity index is 1.52. The first-order chi connectivity index (χ1) is 11.6. The van der Waals surface area contributed by atoms with Gasteiger partial charge >= 0.3 is 0 Å². The minimum Gasteiger partial charge on any atom is -0.315 e. The zero-order valence-electron chi connectivity index (χ0n) is 13.9. The van der Waals surface area contributed by atoms with Crippen LogP contribution in [0.25, 0.3) is 0 Å². The Kier molecular flexibility index (Phi) is 4.97. The Morgan fingerprint density at radius 1 is 1.54 bits per heavy atom. The van der Waals surface area contributed by atoms with Crippen molar-refractivity contribution in [3.05, 3.63) is 34.0 Å². The Morgan fingerprint density at radius 2 is 2.38 bits per heavy atom. The maximum atomic E-state index is 12.2. The first-order valence-electron chi connectivity index (χ1n) is 8.13. The number of nitrogens with one attached hydrogen (secondary N) is 2. The molecule has 1 aliphatic rings. The van der Waals surface area contributed by atoms with Crippen LogP contribution in [-0.2, 0) is 24.2 Å². The molecule has 1 aliphatic carbocycles. The van der Waals surface area contributed by atoms with Crippen molar-refractivity contribution in [2.24, 2.45) is 0 Å². The second-order valence-corrected chi connectivity index (χ2v) is 7.35. The fourth-order valence-corrected chi connectivity index (χ4v) is 4.22. The van der Waals surface area contributed by atoms with Crippen LogP contribution >= 0.6 is 11.3 Å². The third kappa shape index (κ3) is 3.66. The van der Waals surface area contributed by atoms with Crippen LogP contribution in [0.5, 0.6) is 0 Å². The van der Waals surface area contributed by atoms with Gasteiger partial charge in [0.25, 0.3) is 0 Å². The molecule has 0 unspecified atom stereocenters. The summed E-state index contributed by atoms with van der Waals surface area (Å²) in [5.74, 6) is -0.116. The van der Waals surface area contributed by atoms with Gasteiger partial charge in [-0.1, -0.05) is 0 Å². The Bertz CT molecular complexity index is 785. The van der Waals surface area contributed by atoms with Gasteiger partial charge in [-0.3, -0.25) is 9.48 Å². The van der Waals surface area contributed by atoms with Gasteiger partial charge in [-0.05, 0) is 44.2 Å². The lowest BCUT2D eigenvalue weighted by Crippen LogP contribution is -2.36. The van der Waals surface area contributed by atoms with E-state index >= 15 is 0 Å². The predicted molar refractivity (Wildman–Crippen MR) is 94.1 cm³/mol. The van der Waals surface area contributed by atoms with E-state index in [2.05, 4.69) is 21.8 Å². The smallest absolute Gasteiger partial charge is 0.238 e. The van der Waals surface area contributed by atoms with Crippen LogP contribution in [0.2, 0.25) is 0 Å². The molecule has 24 heavy (non-hydrogen) atoms. The molecular formula is C17H21N5OS. The van der Waals surface area contributed by atoms with Gasteiger partial charge in [0.05, 0.1) is 24.8 Å². The van der Waals surface area contributed by atoms with Crippen LogP contribution in [0.1, 0.15) is 34.9 Å². The number of hydrogen-bond donors (Lipinski definition) is 2. The number of nitriles is 1. The van der Waals surface area contributed by atoms with E-state index in [9.17, 15) is 10.1 Å². The molecule has 7 heteroatoms. The molecule has 0 aliphatic heterocycles. The van der Waals surface area contributed by atoms with Gasteiger partial charge in [-0.2, -0.15) is 10.4 Å². The van der Waals surface area contributed by atoms with Crippen molar-refractivity contribution in [3.63, 3.8) is 0 Å². The van der Waals surface area contributed by atoms with Crippen molar-refractivity contribution in [3.8, 4) is 6.07 Å². The molecule has 0 radical (unpaired) electrons. The van der Waals surface area contributed by atoms with Crippen LogP contribution in [-0.4, -0.2) is 28.3 Å². The highest BCUT2D eigenvalue weighted by Crippen LogP contribution is 2.38. The molecule has 0 saturated carbocycles. The molecule has 2 aromatic heterocycles. The van der Waals surface area contributed by atoms with Crippen molar-refractivity contribution in [2.75, 3.05) is 11.9 Å². The van der Waals surface area contributed by atoms with Gasteiger partial charge < -0.3 is 10.6 Å². The third-order valence-corrected chi connectivity index (χ3v) is 5.33. The van der Waals surface area contributed by atoms with Crippen molar-refractivity contribution in [1.29, 1.82) is 5.26 Å². The van der Waals surface area contributed by atoms with E-state index < -0.39 is 0 Å². The van der Waals surface area contributed by atoms with Crippen LogP contribution in [0.15, 0.2) is 12.4 Å². The third-order valence-electron chi connectivity index (χ3n) is 4.12. The molecule has 1 amide bonds. The molecule has 0 bridgehead atoms. The summed E-state index contributed by atoms with van der Waals surface area (Å²) < 4.78 is 1.86. The Labute approximate surface area is 145 Å². The standard InChI is InChI=1S/C17H21N5OS/c1-11-7-20-22(9-11)10-12(2)19-8-16(23)21-17-14(6-18)13-4-3-5-15(13)24-17/h7,9,12,19H,3-5,8,10H2,1-2H3,(H,21,23)/t12-/m0/s1. The summed E-state index contributed by atoms with van der Waals surface area (Å²) in [4.78, 5) is 13.4. The SMILES string of the molecule is Cc1cnn(C[C@H](C)NCC(=O)Nc2sc3c(c2C#N)CCC3)c1. The van der Waals surface area contributed by atoms with E-state index in [0.717, 1.165) is 30.4 Å². The predicted octanol–water partition coefficient (Wildman–Crippen LogP) is 2.23. The maximum Gasteiger partial charge on any atom is 0.238 e. The molecule has 0 spiro atoms. The van der Waals surface area contributed by atoms with Crippen molar-refractivity contribution in [2.45, 2.75) is 45.7 Å². The van der Waals surface area contributed by atoms with Gasteiger partial charge in [-0.15, -0.1) is 11.3 Å². The van der Waals surface area contributed by atoms with Gasteiger partial charge in [0, 0.05) is 17.1 Å². The number of nitrogens with zero attached hydrogens (tertiary/aromatic N) is 3. The Hall–Kier alpha value is -2.17. The zero-order chi connectivity index (χ0) is 17.1. The molecule has 3 rings (SSSR count). The fraction of sp³-hybridized carbons (Fsp3) is 0.471. The molecule has 2 heterocycles. The van der Waals surface area contributed by atoms with Gasteiger partial charge in [-0.25, -0.2) is 0 Å². The number of carbonyl (C=O) groups excluding carboxylic acids is 1. The van der Waals surface area contributed by atoms with Crippen molar-refractivity contribution < 1.29 is 4.79 Å². The summed E-state index contributed by atoms with van der Waals surface area (Å²) in [6, 6.07) is 2.37. The summed E-state index contributed by atoms with van der Waals surface area (Å²) in [7, 11) is 0. The second kappa shape index (κ2) is 7.16. The minimum atomic E-state index is -0.116. The van der Waals surface area contributed by atoms with Crippen LogP contribution in [0.4, 0.5) is 5.00 Å². The van der Waals surface area contributed by atoms with Crippen LogP contribution in [0, 0.1) is 18.3 Å². The number of carbonyl (C=O) groups is 1. The van der Waals surface area contributed by atoms with E-state index in [1.807, 2.05) is 30.9 Å². The normalized spacial score (nSPS) is 14.2. The average Bonchev–Trinajstić information content (AvgIpc) is 3.21. The highest BCUT2D eigenvalue weighted by Gasteiger charge is 2.23. The number of aromatic nitrogens is 2. The molecule has 0 aromatic carbocycles. The first kappa shape index (κ1) is 16.7. The number of rotatable bonds is 6. The maximum absolute atomic E-state index is 12.2. The molecule has 6 nitrogen and oxygen atoms in total. The van der Waals surface area contributed by atoms with Crippen LogP contribution < -0.4 is 10.6 Å². The number of fused-ring (bicyclic) bond motifs is 1. The number of anilines is 1. The molecule has 2 N–H and O–H groups in total. The van der Waals surface area contributed by atoms with E-state index in [4.69, 9.17) is 0 Å². The summed E-state index contributed by atoms with van der Waals surface area (Å²) in [5.41, 5.74) is 2.91. The quantitative estimate of drug-likeness (QED) is 0.842. The molecular weight excluding hydrogens is 322 g/mol. The Morgan fingerprint density at radius 3 is 3.08 bits per heavy atom. The van der Waals surface area contributed by atoms with Crippen LogP contribution in [0.3, 0.4) is 0 Å². The van der Waals surface area contributed by atoms with E-state index in [0.29, 0.717) is 17.1 Å². The molecule has 0 fully saturated rings. The van der Waals surface area contributed by atoms with E-state index in [1.54, 1.807) is 11.3 Å². The molecule has 2 aromatic rings. The number of thiophene rings is 1. The minimum absolute atomic E-state index is 0.116. The average molecular weight is 343 g/mol. The lowest BCUT2D eigenvalue weighted by molar-refractivity contribution is -0.115. The summed E-state index contributed by atoms with van der Waals surface area (Å²) >= 11 is 1.54. The monoisotopic (exact) mass is 343 g/mol. The lowest BCUT2D eigenvalue weighted by atomic mass is 10.1. The van der Waals surface area contributed by atoms with Gasteiger partial charge in [0.1, 0.15) is 11.1 Å². The summed E-state index contributed by atoms with van der Waals surface area (Å²) in [5, 5.41) is 20.4. The highest BCUT2D eigenvalue weighted by atomic mass is 32.1. The van der Waals surface area contributed by atoms with Crippen molar-refractivity contribution >= 4 is 22.2 Å².